The number of thiophene rings is 1. The molecule has 0 aliphatic rings. The van der Waals surface area contributed by atoms with E-state index in [0.717, 1.165) is 15.3 Å². The average molecular weight is 294 g/mol. The van der Waals surface area contributed by atoms with E-state index < -0.39 is 18.5 Å². The van der Waals surface area contributed by atoms with Crippen molar-refractivity contribution in [1.82, 2.24) is 10.2 Å². The minimum absolute atomic E-state index is 0.0352. The molecular formula is C14H18N2O3S. The quantitative estimate of drug-likeness (QED) is 0.818. The summed E-state index contributed by atoms with van der Waals surface area (Å²) in [4.78, 5) is 26.1. The van der Waals surface area contributed by atoms with Gasteiger partial charge in [-0.05, 0) is 32.4 Å². The van der Waals surface area contributed by atoms with E-state index >= 15 is 0 Å². The third-order valence-corrected chi connectivity index (χ3v) is 3.76. The van der Waals surface area contributed by atoms with Gasteiger partial charge in [-0.1, -0.05) is 5.92 Å². The van der Waals surface area contributed by atoms with E-state index in [2.05, 4.69) is 11.2 Å². The van der Waals surface area contributed by atoms with E-state index in [1.54, 1.807) is 11.3 Å². The number of hydrogen-bond donors (Lipinski definition) is 2. The number of carbonyl (C=O) groups is 2. The molecule has 1 atom stereocenters. The average Bonchev–Trinajstić information content (AvgIpc) is 2.67. The van der Waals surface area contributed by atoms with E-state index in [1.165, 1.54) is 4.88 Å². The molecule has 6 heteroatoms. The molecule has 1 aromatic heterocycles. The lowest BCUT2D eigenvalue weighted by atomic mass is 10.1. The molecule has 0 fully saturated rings. The second-order valence-electron chi connectivity index (χ2n) is 4.49. The molecule has 1 rings (SSSR count). The third-order valence-electron chi connectivity index (χ3n) is 2.78. The highest BCUT2D eigenvalue weighted by Gasteiger charge is 2.19. The smallest absolute Gasteiger partial charge is 0.323 e. The summed E-state index contributed by atoms with van der Waals surface area (Å²) < 4.78 is 0. The summed E-state index contributed by atoms with van der Waals surface area (Å²) in [6.45, 7) is 5.41. The van der Waals surface area contributed by atoms with Crippen LogP contribution in [0.4, 0.5) is 4.79 Å². The predicted molar refractivity (Wildman–Crippen MR) is 78.8 cm³/mol. The van der Waals surface area contributed by atoms with Crippen molar-refractivity contribution in [2.45, 2.75) is 26.8 Å². The van der Waals surface area contributed by atoms with Crippen molar-refractivity contribution in [3.8, 4) is 12.3 Å². The molecule has 2 N–H and O–H groups in total. The largest absolute Gasteiger partial charge is 0.480 e. The van der Waals surface area contributed by atoms with E-state index in [0.29, 0.717) is 0 Å². The Labute approximate surface area is 122 Å². The van der Waals surface area contributed by atoms with Crippen LogP contribution in [0.2, 0.25) is 0 Å². The number of carbonyl (C=O) groups excluding carboxylic acids is 1. The molecule has 0 saturated carbocycles. The van der Waals surface area contributed by atoms with Crippen molar-refractivity contribution in [1.29, 1.82) is 0 Å². The number of amides is 2. The Kier molecular flexibility index (Phi) is 5.59. The molecule has 1 unspecified atom stereocenters. The Bertz CT molecular complexity index is 545. The van der Waals surface area contributed by atoms with Crippen molar-refractivity contribution in [3.05, 3.63) is 21.4 Å². The zero-order valence-corrected chi connectivity index (χ0v) is 12.6. The van der Waals surface area contributed by atoms with E-state index in [9.17, 15) is 9.59 Å². The molecular weight excluding hydrogens is 276 g/mol. The Balaban J connectivity index is 2.75. The molecule has 5 nitrogen and oxygen atoms in total. The number of rotatable bonds is 5. The molecule has 0 spiro atoms. The predicted octanol–water partition coefficient (Wildman–Crippen LogP) is 2.16. The fraction of sp³-hybridized carbons (Fsp3) is 0.429. The van der Waals surface area contributed by atoms with Crippen LogP contribution in [0.25, 0.3) is 0 Å². The normalized spacial score (nSPS) is 11.5. The maximum Gasteiger partial charge on any atom is 0.323 e. The molecule has 1 heterocycles. The van der Waals surface area contributed by atoms with Crippen LogP contribution in [0.5, 0.6) is 0 Å². The lowest BCUT2D eigenvalue weighted by Crippen LogP contribution is -2.43. The number of nitrogens with one attached hydrogen (secondary N) is 1. The summed E-state index contributed by atoms with van der Waals surface area (Å²) >= 11 is 1.66. The van der Waals surface area contributed by atoms with Crippen molar-refractivity contribution < 1.29 is 14.7 Å². The van der Waals surface area contributed by atoms with Crippen LogP contribution in [-0.2, 0) is 4.79 Å². The Morgan fingerprint density at radius 1 is 1.55 bits per heavy atom. The summed E-state index contributed by atoms with van der Waals surface area (Å²) in [5, 5.41) is 11.5. The van der Waals surface area contributed by atoms with E-state index in [-0.39, 0.29) is 12.6 Å². The van der Waals surface area contributed by atoms with Gasteiger partial charge in [-0.25, -0.2) is 4.79 Å². The lowest BCUT2D eigenvalue weighted by Gasteiger charge is -2.22. The fourth-order valence-corrected chi connectivity index (χ4v) is 2.93. The van der Waals surface area contributed by atoms with Crippen molar-refractivity contribution in [2.24, 2.45) is 0 Å². The van der Waals surface area contributed by atoms with Gasteiger partial charge in [0.2, 0.25) is 0 Å². The van der Waals surface area contributed by atoms with Gasteiger partial charge >= 0.3 is 12.0 Å². The molecule has 1 aromatic rings. The highest BCUT2D eigenvalue weighted by molar-refractivity contribution is 7.12. The fourth-order valence-electron chi connectivity index (χ4n) is 1.91. The zero-order valence-electron chi connectivity index (χ0n) is 11.8. The topological polar surface area (TPSA) is 69.6 Å². The minimum atomic E-state index is -1.09. The summed E-state index contributed by atoms with van der Waals surface area (Å²) in [5.74, 6) is 1.19. The maximum absolute atomic E-state index is 12.0. The summed E-state index contributed by atoms with van der Waals surface area (Å²) in [5.41, 5.74) is 1.04. The Morgan fingerprint density at radius 3 is 2.65 bits per heavy atom. The number of carboxylic acids is 1. The van der Waals surface area contributed by atoms with Crippen LogP contribution in [0.15, 0.2) is 6.07 Å². The highest BCUT2D eigenvalue weighted by Crippen LogP contribution is 2.26. The number of aryl methyl sites for hydroxylation is 2. The van der Waals surface area contributed by atoms with Gasteiger partial charge in [-0.15, -0.1) is 17.8 Å². The van der Waals surface area contributed by atoms with Crippen LogP contribution >= 0.6 is 11.3 Å². The summed E-state index contributed by atoms with van der Waals surface area (Å²) in [6.07, 6.45) is 5.15. The number of aliphatic carboxylic acids is 1. The molecule has 0 radical (unpaired) electrons. The van der Waals surface area contributed by atoms with Gasteiger partial charge in [0.15, 0.2) is 0 Å². The van der Waals surface area contributed by atoms with Crippen LogP contribution in [0, 0.1) is 26.2 Å². The Morgan fingerprint density at radius 2 is 2.20 bits per heavy atom. The molecule has 0 bridgehead atoms. The van der Waals surface area contributed by atoms with Gasteiger partial charge in [0.1, 0.15) is 6.54 Å². The molecule has 2 amide bonds. The first kappa shape index (κ1) is 16.1. The second kappa shape index (κ2) is 6.96. The molecule has 20 heavy (non-hydrogen) atoms. The molecule has 0 saturated heterocycles. The third kappa shape index (κ3) is 4.28. The maximum atomic E-state index is 12.0. The number of nitrogens with zero attached hydrogens (tertiary/aromatic N) is 1. The van der Waals surface area contributed by atoms with Crippen LogP contribution in [0.1, 0.15) is 28.3 Å². The number of terminal acetylenes is 1. The van der Waals surface area contributed by atoms with Crippen LogP contribution in [-0.4, -0.2) is 35.1 Å². The SMILES string of the molecule is C#CCN(CC(=O)O)C(=O)NC(C)c1cc(C)sc1C. The minimum Gasteiger partial charge on any atom is -0.480 e. The second-order valence-corrected chi connectivity index (χ2v) is 5.95. The first-order valence-electron chi connectivity index (χ1n) is 6.12. The standard InChI is InChI=1S/C14H18N2O3S/c1-5-6-16(8-13(17)18)14(19)15-10(3)12-7-9(2)20-11(12)4/h1,7,10H,6,8H2,2-4H3,(H,15,19)(H,17,18). The van der Waals surface area contributed by atoms with E-state index in [4.69, 9.17) is 11.5 Å². The lowest BCUT2D eigenvalue weighted by molar-refractivity contribution is -0.137. The van der Waals surface area contributed by atoms with Crippen LogP contribution < -0.4 is 5.32 Å². The molecule has 108 valence electrons. The van der Waals surface area contributed by atoms with Gasteiger partial charge in [0.25, 0.3) is 0 Å². The van der Waals surface area contributed by atoms with Crippen LogP contribution in [0.3, 0.4) is 0 Å². The highest BCUT2D eigenvalue weighted by atomic mass is 32.1. The van der Waals surface area contributed by atoms with Crippen molar-refractivity contribution in [2.75, 3.05) is 13.1 Å². The van der Waals surface area contributed by atoms with Gasteiger partial charge in [0, 0.05) is 9.75 Å². The first-order chi connectivity index (χ1) is 9.35. The number of hydrogen-bond acceptors (Lipinski definition) is 3. The Hall–Kier alpha value is -2.00. The summed E-state index contributed by atoms with van der Waals surface area (Å²) in [6, 6.07) is 1.36. The van der Waals surface area contributed by atoms with Crippen molar-refractivity contribution >= 4 is 23.3 Å². The monoisotopic (exact) mass is 294 g/mol. The van der Waals surface area contributed by atoms with Gasteiger partial charge in [-0.3, -0.25) is 4.79 Å². The number of carboxylic acid groups (broad SMARTS) is 1. The molecule has 0 aliphatic carbocycles. The van der Waals surface area contributed by atoms with E-state index in [1.807, 2.05) is 26.8 Å². The first-order valence-corrected chi connectivity index (χ1v) is 6.94. The van der Waals surface area contributed by atoms with Gasteiger partial charge in [-0.2, -0.15) is 0 Å². The molecule has 0 aliphatic heterocycles. The summed E-state index contributed by atoms with van der Waals surface area (Å²) in [7, 11) is 0. The van der Waals surface area contributed by atoms with Gasteiger partial charge < -0.3 is 15.3 Å². The number of urea groups is 1. The molecule has 0 aromatic carbocycles. The van der Waals surface area contributed by atoms with Crippen molar-refractivity contribution in [3.63, 3.8) is 0 Å². The zero-order chi connectivity index (χ0) is 15.3. The van der Waals surface area contributed by atoms with Gasteiger partial charge in [0.05, 0.1) is 12.6 Å².